The predicted molar refractivity (Wildman–Crippen MR) is 40.5 cm³/mol. The molecule has 3 nitrogen and oxygen atoms in total. The van der Waals surface area contributed by atoms with Crippen LogP contribution in [0.1, 0.15) is 6.42 Å². The molecule has 54 valence electrons. The molecule has 2 N–H and O–H groups in total. The maximum atomic E-state index is 5.31. The molecule has 9 heavy (non-hydrogen) atoms. The first-order valence-electron chi connectivity index (χ1n) is 3.18. The van der Waals surface area contributed by atoms with Crippen LogP contribution >= 0.6 is 0 Å². The molecule has 0 saturated carbocycles. The van der Waals surface area contributed by atoms with E-state index in [1.54, 1.807) is 7.11 Å². The summed E-state index contributed by atoms with van der Waals surface area (Å²) in [5, 5.41) is 0. The number of rotatable bonds is 5. The molecule has 0 aliphatic carbocycles. The SMILES string of the molecule is COBN(C)CCCN. The van der Waals surface area contributed by atoms with E-state index in [9.17, 15) is 0 Å². The van der Waals surface area contributed by atoms with Crippen molar-refractivity contribution in [2.45, 2.75) is 6.42 Å². The van der Waals surface area contributed by atoms with E-state index in [2.05, 4.69) is 4.81 Å². The molecule has 0 aromatic rings. The minimum atomic E-state index is 0.694. The van der Waals surface area contributed by atoms with Crippen molar-refractivity contribution in [2.24, 2.45) is 5.73 Å². The minimum Gasteiger partial charge on any atom is -0.427 e. The van der Waals surface area contributed by atoms with Gasteiger partial charge < -0.3 is 15.2 Å². The second kappa shape index (κ2) is 6.07. The summed E-state index contributed by atoms with van der Waals surface area (Å²) in [5.74, 6) is 0. The van der Waals surface area contributed by atoms with Gasteiger partial charge >= 0.3 is 7.62 Å². The van der Waals surface area contributed by atoms with Gasteiger partial charge in [-0.2, -0.15) is 0 Å². The normalized spacial score (nSPS) is 10.2. The molecule has 0 saturated heterocycles. The van der Waals surface area contributed by atoms with Crippen LogP contribution in [-0.2, 0) is 4.65 Å². The first-order valence-corrected chi connectivity index (χ1v) is 3.18. The van der Waals surface area contributed by atoms with E-state index in [-0.39, 0.29) is 0 Å². The average molecular weight is 130 g/mol. The Morgan fingerprint density at radius 1 is 1.67 bits per heavy atom. The standard InChI is InChI=1S/C5H15BN2O/c1-8(6-9-2)5-3-4-7/h6H,3-5,7H2,1-2H3. The van der Waals surface area contributed by atoms with Crippen LogP contribution in [0.4, 0.5) is 0 Å². The van der Waals surface area contributed by atoms with Gasteiger partial charge in [0.25, 0.3) is 0 Å². The highest BCUT2D eigenvalue weighted by Crippen LogP contribution is 1.81. The van der Waals surface area contributed by atoms with E-state index in [0.29, 0.717) is 7.62 Å². The van der Waals surface area contributed by atoms with Crippen LogP contribution in [0, 0.1) is 0 Å². The Morgan fingerprint density at radius 3 is 2.78 bits per heavy atom. The van der Waals surface area contributed by atoms with Crippen LogP contribution < -0.4 is 5.73 Å². The smallest absolute Gasteiger partial charge is 0.363 e. The van der Waals surface area contributed by atoms with E-state index in [0.717, 1.165) is 19.5 Å². The van der Waals surface area contributed by atoms with Crippen molar-refractivity contribution >= 4 is 7.62 Å². The summed E-state index contributed by atoms with van der Waals surface area (Å²) >= 11 is 0. The molecular weight excluding hydrogens is 115 g/mol. The fraction of sp³-hybridized carbons (Fsp3) is 1.00. The van der Waals surface area contributed by atoms with Gasteiger partial charge in [0, 0.05) is 7.11 Å². The Kier molecular flexibility index (Phi) is 6.03. The van der Waals surface area contributed by atoms with Crippen molar-refractivity contribution in [1.82, 2.24) is 4.81 Å². The summed E-state index contributed by atoms with van der Waals surface area (Å²) in [7, 11) is 4.40. The molecule has 0 rings (SSSR count). The van der Waals surface area contributed by atoms with Gasteiger partial charge in [0.15, 0.2) is 0 Å². The van der Waals surface area contributed by atoms with Crippen molar-refractivity contribution in [3.05, 3.63) is 0 Å². The summed E-state index contributed by atoms with van der Waals surface area (Å²) in [6, 6.07) is 0. The summed E-state index contributed by atoms with van der Waals surface area (Å²) < 4.78 is 4.89. The molecular formula is C5H15BN2O. The quantitative estimate of drug-likeness (QED) is 0.494. The highest BCUT2D eigenvalue weighted by molar-refractivity contribution is 6.23. The summed E-state index contributed by atoms with van der Waals surface area (Å²) in [4.78, 5) is 2.09. The van der Waals surface area contributed by atoms with Gasteiger partial charge in [0.2, 0.25) is 0 Å². The number of nitrogens with zero attached hydrogens (tertiary/aromatic N) is 1. The van der Waals surface area contributed by atoms with E-state index in [1.807, 2.05) is 7.05 Å². The van der Waals surface area contributed by atoms with Crippen LogP contribution in [0.15, 0.2) is 0 Å². The molecule has 0 aromatic carbocycles. The van der Waals surface area contributed by atoms with Gasteiger partial charge in [-0.1, -0.05) is 0 Å². The monoisotopic (exact) mass is 130 g/mol. The van der Waals surface area contributed by atoms with Gasteiger partial charge in [0.05, 0.1) is 0 Å². The van der Waals surface area contributed by atoms with Crippen molar-refractivity contribution in [3.63, 3.8) is 0 Å². The van der Waals surface area contributed by atoms with Crippen molar-refractivity contribution in [1.29, 1.82) is 0 Å². The molecule has 0 radical (unpaired) electrons. The summed E-state index contributed by atoms with van der Waals surface area (Å²) in [5.41, 5.74) is 5.31. The zero-order chi connectivity index (χ0) is 7.11. The molecule has 0 aliphatic rings. The Labute approximate surface area is 57.5 Å². The molecule has 0 aromatic heterocycles. The Hall–Kier alpha value is -0.0551. The van der Waals surface area contributed by atoms with Crippen LogP contribution in [0.25, 0.3) is 0 Å². The van der Waals surface area contributed by atoms with Crippen LogP contribution in [0.2, 0.25) is 0 Å². The first-order chi connectivity index (χ1) is 4.31. The minimum absolute atomic E-state index is 0.694. The number of hydrogen-bond acceptors (Lipinski definition) is 3. The molecule has 0 spiro atoms. The van der Waals surface area contributed by atoms with Gasteiger partial charge in [-0.3, -0.25) is 0 Å². The van der Waals surface area contributed by atoms with E-state index in [4.69, 9.17) is 10.4 Å². The third-order valence-corrected chi connectivity index (χ3v) is 1.09. The fourth-order valence-corrected chi connectivity index (χ4v) is 0.646. The second-order valence-electron chi connectivity index (χ2n) is 2.14. The van der Waals surface area contributed by atoms with E-state index in [1.165, 1.54) is 0 Å². The largest absolute Gasteiger partial charge is 0.427 e. The van der Waals surface area contributed by atoms with Gasteiger partial charge in [-0.15, -0.1) is 0 Å². The van der Waals surface area contributed by atoms with Gasteiger partial charge in [0.1, 0.15) is 0 Å². The molecule has 4 heteroatoms. The molecule has 0 heterocycles. The molecule has 0 unspecified atom stereocenters. The van der Waals surface area contributed by atoms with Crippen molar-refractivity contribution in [2.75, 3.05) is 27.2 Å². The molecule has 0 atom stereocenters. The number of hydrogen-bond donors (Lipinski definition) is 1. The van der Waals surface area contributed by atoms with Gasteiger partial charge in [-0.05, 0) is 26.6 Å². The molecule has 0 bridgehead atoms. The topological polar surface area (TPSA) is 38.5 Å². The molecule has 0 aliphatic heterocycles. The van der Waals surface area contributed by atoms with Crippen LogP contribution in [-0.4, -0.2) is 39.7 Å². The first kappa shape index (κ1) is 8.94. The van der Waals surface area contributed by atoms with Crippen LogP contribution in [0.3, 0.4) is 0 Å². The summed E-state index contributed by atoms with van der Waals surface area (Å²) in [6.07, 6.45) is 1.04. The third kappa shape index (κ3) is 5.82. The Morgan fingerprint density at radius 2 is 2.33 bits per heavy atom. The zero-order valence-corrected chi connectivity index (χ0v) is 6.26. The lowest BCUT2D eigenvalue weighted by Crippen LogP contribution is -2.26. The third-order valence-electron chi connectivity index (χ3n) is 1.09. The second-order valence-corrected chi connectivity index (χ2v) is 2.14. The fourth-order valence-electron chi connectivity index (χ4n) is 0.646. The highest BCUT2D eigenvalue weighted by Gasteiger charge is 1.96. The van der Waals surface area contributed by atoms with Crippen molar-refractivity contribution < 1.29 is 4.65 Å². The lowest BCUT2D eigenvalue weighted by molar-refractivity contribution is 0.367. The average Bonchev–Trinajstić information content (AvgIpc) is 1.85. The highest BCUT2D eigenvalue weighted by atomic mass is 16.4. The Balaban J connectivity index is 2.95. The van der Waals surface area contributed by atoms with Gasteiger partial charge in [-0.25, -0.2) is 0 Å². The number of nitrogens with two attached hydrogens (primary N) is 1. The molecule has 0 amide bonds. The van der Waals surface area contributed by atoms with Crippen molar-refractivity contribution in [3.8, 4) is 0 Å². The van der Waals surface area contributed by atoms with Crippen LogP contribution in [0.5, 0.6) is 0 Å². The van der Waals surface area contributed by atoms with E-state index >= 15 is 0 Å². The maximum absolute atomic E-state index is 5.31. The Bertz CT molecular complexity index is 62.9. The lowest BCUT2D eigenvalue weighted by atomic mass is 10.2. The predicted octanol–water partition coefficient (Wildman–Crippen LogP) is -0.820. The zero-order valence-electron chi connectivity index (χ0n) is 6.26. The molecule has 0 fully saturated rings. The maximum Gasteiger partial charge on any atom is 0.363 e. The lowest BCUT2D eigenvalue weighted by Gasteiger charge is -2.11. The van der Waals surface area contributed by atoms with E-state index < -0.39 is 0 Å². The summed E-state index contributed by atoms with van der Waals surface area (Å²) in [6.45, 7) is 1.78.